The maximum absolute atomic E-state index is 13.4. The Morgan fingerprint density at radius 1 is 0.944 bits per heavy atom. The third-order valence-corrected chi connectivity index (χ3v) is 7.93. The zero-order valence-electron chi connectivity index (χ0n) is 21.0. The fourth-order valence-electron chi connectivity index (χ4n) is 6.12. The highest BCUT2D eigenvalue weighted by Crippen LogP contribution is 2.50. The number of hydrogen-bond acceptors (Lipinski definition) is 6. The zero-order chi connectivity index (χ0) is 26.6. The summed E-state index contributed by atoms with van der Waals surface area (Å²) in [5.41, 5.74) is -0.248. The van der Waals surface area contributed by atoms with E-state index in [-0.39, 0.29) is 45.8 Å². The second-order valence-corrected chi connectivity index (χ2v) is 12.3. The first-order valence-electron chi connectivity index (χ1n) is 12.2. The van der Waals surface area contributed by atoms with Crippen molar-refractivity contribution in [3.63, 3.8) is 0 Å². The van der Waals surface area contributed by atoms with Crippen molar-refractivity contribution in [2.24, 2.45) is 22.7 Å². The molecule has 0 saturated heterocycles. The van der Waals surface area contributed by atoms with Crippen LogP contribution in [0.3, 0.4) is 0 Å². The van der Waals surface area contributed by atoms with Gasteiger partial charge >= 0.3 is 5.97 Å². The molecular weight excluding hydrogens is 484 g/mol. The molecule has 0 bridgehead atoms. The molecule has 4 rings (SSSR count). The van der Waals surface area contributed by atoms with Crippen molar-refractivity contribution in [3.8, 4) is 11.3 Å². The van der Waals surface area contributed by atoms with Crippen molar-refractivity contribution in [2.45, 2.75) is 71.5 Å². The third-order valence-electron chi connectivity index (χ3n) is 7.61. The summed E-state index contributed by atoms with van der Waals surface area (Å²) in [6.07, 6.45) is -0.677. The van der Waals surface area contributed by atoms with E-state index in [1.54, 1.807) is 18.2 Å². The van der Waals surface area contributed by atoms with Crippen LogP contribution in [0.2, 0.25) is 5.02 Å². The number of aliphatic hydroxyl groups is 2. The van der Waals surface area contributed by atoms with Crippen LogP contribution in [0.5, 0.6) is 0 Å². The summed E-state index contributed by atoms with van der Waals surface area (Å²) >= 11 is 6.14. The van der Waals surface area contributed by atoms with Gasteiger partial charge < -0.3 is 19.7 Å². The molecule has 2 aliphatic rings. The molecule has 2 fully saturated rings. The number of halogens is 1. The molecule has 0 aliphatic heterocycles. The lowest BCUT2D eigenvalue weighted by Crippen LogP contribution is -2.51. The topological polar surface area (TPSA) is 125 Å². The molecule has 0 amide bonds. The highest BCUT2D eigenvalue weighted by Gasteiger charge is 2.53. The Hall–Kier alpha value is -2.48. The molecule has 8 heteroatoms. The quantitative estimate of drug-likeness (QED) is 0.504. The number of carbonyl (C=O) groups excluding carboxylic acids is 2. The molecule has 1 unspecified atom stereocenters. The van der Waals surface area contributed by atoms with E-state index in [9.17, 15) is 29.7 Å². The summed E-state index contributed by atoms with van der Waals surface area (Å²) in [5.74, 6) is -3.35. The Balaban J connectivity index is 1.77. The first-order valence-corrected chi connectivity index (χ1v) is 12.6. The Labute approximate surface area is 215 Å². The number of benzene rings is 1. The van der Waals surface area contributed by atoms with E-state index in [1.807, 2.05) is 27.7 Å². The van der Waals surface area contributed by atoms with Gasteiger partial charge in [0.25, 0.3) is 0 Å². The third kappa shape index (κ3) is 5.15. The Morgan fingerprint density at radius 2 is 1.47 bits per heavy atom. The number of Topliss-reactive ketones (excluding diaryl/α,β-unsaturated/α-hetero) is 2. The maximum Gasteiger partial charge on any atom is 0.337 e. The zero-order valence-corrected chi connectivity index (χ0v) is 21.7. The molecule has 2 aromatic rings. The maximum atomic E-state index is 13.4. The molecule has 1 heterocycles. The predicted octanol–water partition coefficient (Wildman–Crippen LogP) is 5.11. The molecule has 194 valence electrons. The minimum Gasteiger partial charge on any atom is -0.478 e. The van der Waals surface area contributed by atoms with Crippen LogP contribution < -0.4 is 0 Å². The van der Waals surface area contributed by atoms with Crippen LogP contribution >= 0.6 is 11.6 Å². The molecule has 3 N–H and O–H groups in total. The second-order valence-electron chi connectivity index (χ2n) is 11.9. The number of aromatic carboxylic acids is 1. The van der Waals surface area contributed by atoms with E-state index in [2.05, 4.69) is 0 Å². The minimum atomic E-state index is -1.15. The molecule has 1 aromatic heterocycles. The molecule has 7 nitrogen and oxygen atoms in total. The predicted molar refractivity (Wildman–Crippen MR) is 134 cm³/mol. The van der Waals surface area contributed by atoms with Crippen LogP contribution in [0.1, 0.15) is 75.4 Å². The van der Waals surface area contributed by atoms with Gasteiger partial charge in [-0.15, -0.1) is 0 Å². The molecular formula is C28H33ClO7. The normalized spacial score (nSPS) is 28.6. The first-order chi connectivity index (χ1) is 16.7. The summed E-state index contributed by atoms with van der Waals surface area (Å²) in [5, 5.41) is 31.6. The Kier molecular flexibility index (Phi) is 6.97. The smallest absolute Gasteiger partial charge is 0.337 e. The van der Waals surface area contributed by atoms with Crippen molar-refractivity contribution in [1.82, 2.24) is 0 Å². The molecule has 5 atom stereocenters. The SMILES string of the molecule is CC1(C)CC(=O)[C@H](C(c2ccc(-c3ccc(C(=O)O)c(Cl)c3)o2)[C@@H]2C(=O)CC(C)(C)C[C@@H]2O)[C@H](O)C1. The van der Waals surface area contributed by atoms with Gasteiger partial charge in [0.2, 0.25) is 0 Å². The molecule has 2 aliphatic carbocycles. The van der Waals surface area contributed by atoms with E-state index in [1.165, 1.54) is 12.1 Å². The monoisotopic (exact) mass is 516 g/mol. The van der Waals surface area contributed by atoms with Gasteiger partial charge in [-0.3, -0.25) is 9.59 Å². The number of furan rings is 1. The van der Waals surface area contributed by atoms with Gasteiger partial charge in [-0.05, 0) is 47.9 Å². The minimum absolute atomic E-state index is 0.0397. The van der Waals surface area contributed by atoms with Gasteiger partial charge in [0.1, 0.15) is 23.1 Å². The summed E-state index contributed by atoms with van der Waals surface area (Å²) in [6.45, 7) is 7.71. The van der Waals surface area contributed by atoms with Crippen molar-refractivity contribution < 1.29 is 34.1 Å². The molecule has 2 saturated carbocycles. The average Bonchev–Trinajstić information content (AvgIpc) is 3.19. The highest BCUT2D eigenvalue weighted by atomic mass is 35.5. The second kappa shape index (κ2) is 9.43. The van der Waals surface area contributed by atoms with Crippen LogP contribution in [-0.2, 0) is 9.59 Å². The number of carboxylic acid groups (broad SMARTS) is 1. The van der Waals surface area contributed by atoms with Crippen molar-refractivity contribution in [2.75, 3.05) is 0 Å². The summed E-state index contributed by atoms with van der Waals surface area (Å²) in [7, 11) is 0. The van der Waals surface area contributed by atoms with Crippen LogP contribution in [0.15, 0.2) is 34.7 Å². The standard InChI is InChI=1S/C28H33ClO7/c1-27(2)10-17(30)23(18(31)11-27)25(24-19(32)12-28(3,4)13-20(24)33)22-8-7-21(36-22)14-5-6-15(26(34)35)16(29)9-14/h5-9,17,19,23-25,30,32H,10-13H2,1-4H3,(H,34,35)/t17-,19+,23-,24+,25?. The van der Waals surface area contributed by atoms with E-state index < -0.39 is 35.9 Å². The van der Waals surface area contributed by atoms with E-state index in [0.29, 0.717) is 29.9 Å². The average molecular weight is 517 g/mol. The lowest BCUT2D eigenvalue weighted by Gasteiger charge is -2.45. The van der Waals surface area contributed by atoms with Gasteiger partial charge in [-0.1, -0.05) is 45.4 Å². The Bertz CT molecular complexity index is 1150. The number of aliphatic hydroxyl groups excluding tert-OH is 2. The molecule has 0 radical (unpaired) electrons. The fourth-order valence-corrected chi connectivity index (χ4v) is 6.39. The number of ketones is 2. The first kappa shape index (κ1) is 26.6. The van der Waals surface area contributed by atoms with Gasteiger partial charge in [-0.2, -0.15) is 0 Å². The molecule has 0 spiro atoms. The van der Waals surface area contributed by atoms with Crippen molar-refractivity contribution in [3.05, 3.63) is 46.7 Å². The lowest BCUT2D eigenvalue weighted by molar-refractivity contribution is -0.145. The number of carbonyl (C=O) groups is 3. The molecule has 36 heavy (non-hydrogen) atoms. The highest BCUT2D eigenvalue weighted by molar-refractivity contribution is 6.33. The summed E-state index contributed by atoms with van der Waals surface area (Å²) in [6, 6.07) is 7.76. The van der Waals surface area contributed by atoms with Crippen LogP contribution in [0.4, 0.5) is 0 Å². The van der Waals surface area contributed by atoms with E-state index >= 15 is 0 Å². The van der Waals surface area contributed by atoms with E-state index in [4.69, 9.17) is 16.0 Å². The van der Waals surface area contributed by atoms with Gasteiger partial charge in [0.05, 0.1) is 34.6 Å². The van der Waals surface area contributed by atoms with Crippen LogP contribution in [-0.4, -0.2) is 45.1 Å². The summed E-state index contributed by atoms with van der Waals surface area (Å²) in [4.78, 5) is 38.1. The molecule has 1 aromatic carbocycles. The van der Waals surface area contributed by atoms with Crippen molar-refractivity contribution >= 4 is 29.1 Å². The Morgan fingerprint density at radius 3 is 1.92 bits per heavy atom. The number of rotatable bonds is 5. The fraction of sp³-hybridized carbons (Fsp3) is 0.536. The van der Waals surface area contributed by atoms with Crippen molar-refractivity contribution in [1.29, 1.82) is 0 Å². The van der Waals surface area contributed by atoms with Gasteiger partial charge in [0.15, 0.2) is 0 Å². The van der Waals surface area contributed by atoms with Gasteiger partial charge in [0, 0.05) is 24.3 Å². The van der Waals surface area contributed by atoms with Gasteiger partial charge in [-0.25, -0.2) is 4.79 Å². The lowest BCUT2D eigenvalue weighted by atomic mass is 9.59. The van der Waals surface area contributed by atoms with Crippen LogP contribution in [0.25, 0.3) is 11.3 Å². The number of hydrogen-bond donors (Lipinski definition) is 3. The van der Waals surface area contributed by atoms with E-state index in [0.717, 1.165) is 0 Å². The number of carboxylic acids is 1. The van der Waals surface area contributed by atoms with Crippen LogP contribution in [0, 0.1) is 22.7 Å². The summed E-state index contributed by atoms with van der Waals surface area (Å²) < 4.78 is 6.16. The largest absolute Gasteiger partial charge is 0.478 e.